The summed E-state index contributed by atoms with van der Waals surface area (Å²) in [5, 5.41) is 23.8. The number of rotatable bonds is 4. The van der Waals surface area contributed by atoms with Crippen LogP contribution in [-0.2, 0) is 14.3 Å². The fourth-order valence-corrected chi connectivity index (χ4v) is 6.77. The minimum absolute atomic E-state index is 0.0444. The van der Waals surface area contributed by atoms with E-state index in [0.717, 1.165) is 6.42 Å². The van der Waals surface area contributed by atoms with Crippen molar-refractivity contribution in [3.05, 3.63) is 17.6 Å². The van der Waals surface area contributed by atoms with E-state index in [2.05, 4.69) is 11.8 Å². The molecule has 2 bridgehead atoms. The highest BCUT2D eigenvalue weighted by Crippen LogP contribution is 2.68. The normalized spacial score (nSPS) is 49.5. The molecule has 0 heterocycles. The third-order valence-corrected chi connectivity index (χ3v) is 8.86. The molecule has 9 atom stereocenters. The Morgan fingerprint density at radius 2 is 2.00 bits per heavy atom. The molecule has 7 heteroatoms. The second kappa shape index (κ2) is 7.27. The first kappa shape index (κ1) is 22.1. The van der Waals surface area contributed by atoms with Crippen LogP contribution in [-0.4, -0.2) is 46.8 Å². The first-order valence-electron chi connectivity index (χ1n) is 10.5. The van der Waals surface area contributed by atoms with Gasteiger partial charge in [-0.3, -0.25) is 4.79 Å². The zero-order valence-electron chi connectivity index (χ0n) is 17.8. The maximum atomic E-state index is 13.4. The van der Waals surface area contributed by atoms with Gasteiger partial charge in [0, 0.05) is 16.7 Å². The first-order chi connectivity index (χ1) is 13.5. The van der Waals surface area contributed by atoms with Crippen LogP contribution in [0.3, 0.4) is 0 Å². The lowest BCUT2D eigenvalue weighted by Crippen LogP contribution is -2.63. The molecule has 29 heavy (non-hydrogen) atoms. The van der Waals surface area contributed by atoms with Crippen molar-refractivity contribution in [3.8, 4) is 0 Å². The van der Waals surface area contributed by atoms with Crippen LogP contribution in [0.5, 0.6) is 0 Å². The fraction of sp³-hybridized carbons (Fsp3) is 0.818. The van der Waals surface area contributed by atoms with Gasteiger partial charge in [0.25, 0.3) is 0 Å². The largest absolute Gasteiger partial charge is 0.460 e. The monoisotopic (exact) mass is 407 g/mol. The number of esters is 1. The Kier molecular flexibility index (Phi) is 5.54. The van der Waals surface area contributed by atoms with Crippen LogP contribution in [0, 0.1) is 38.9 Å². The van der Waals surface area contributed by atoms with Crippen LogP contribution in [0.25, 0.3) is 0 Å². The molecule has 3 fully saturated rings. The Bertz CT molecular complexity index is 724. The first-order valence-corrected chi connectivity index (χ1v) is 10.5. The van der Waals surface area contributed by atoms with Crippen molar-refractivity contribution < 1.29 is 24.5 Å². The molecule has 3 aliphatic carbocycles. The van der Waals surface area contributed by atoms with Crippen molar-refractivity contribution >= 4 is 11.8 Å². The van der Waals surface area contributed by atoms with Crippen molar-refractivity contribution in [2.45, 2.75) is 71.6 Å². The SMILES string of the molecule is C=C[C@]1(C)C[C@@H](OC(=O)CO)[C@]2(C)[C@H](C)CC[C@]3(C[C@H](N=O)C(=O)[C@H]32)[C@@H](C)[C@@H]1O. The quantitative estimate of drug-likeness (QED) is 0.421. The summed E-state index contributed by atoms with van der Waals surface area (Å²) < 4.78 is 5.73. The van der Waals surface area contributed by atoms with Crippen LogP contribution >= 0.6 is 0 Å². The van der Waals surface area contributed by atoms with Gasteiger partial charge in [0.2, 0.25) is 0 Å². The van der Waals surface area contributed by atoms with E-state index in [0.29, 0.717) is 12.8 Å². The molecule has 0 aromatic carbocycles. The molecule has 162 valence electrons. The highest BCUT2D eigenvalue weighted by Gasteiger charge is 2.70. The van der Waals surface area contributed by atoms with Gasteiger partial charge in [-0.05, 0) is 42.9 Å². The maximum absolute atomic E-state index is 13.4. The number of ether oxygens (including phenoxy) is 1. The molecular formula is C22H33NO6. The summed E-state index contributed by atoms with van der Waals surface area (Å²) in [6, 6.07) is -0.943. The summed E-state index contributed by atoms with van der Waals surface area (Å²) in [5.74, 6) is -1.72. The summed E-state index contributed by atoms with van der Waals surface area (Å²) in [7, 11) is 0. The lowest BCUT2D eigenvalue weighted by molar-refractivity contribution is -0.207. The highest BCUT2D eigenvalue weighted by atomic mass is 16.6. The number of nitroso groups, excluding NO2 is 1. The molecule has 2 N–H and O–H groups in total. The number of aliphatic hydroxyl groups is 2. The average molecular weight is 408 g/mol. The molecule has 0 spiro atoms. The number of Topliss-reactive ketones (excluding diaryl/α,β-unsaturated/α-hetero) is 1. The number of carbonyl (C=O) groups is 2. The van der Waals surface area contributed by atoms with Crippen LogP contribution < -0.4 is 0 Å². The van der Waals surface area contributed by atoms with Crippen molar-refractivity contribution in [1.29, 1.82) is 0 Å². The smallest absolute Gasteiger partial charge is 0.332 e. The second-order valence-corrected chi connectivity index (χ2v) is 9.98. The van der Waals surface area contributed by atoms with E-state index in [4.69, 9.17) is 4.74 Å². The van der Waals surface area contributed by atoms with Crippen LogP contribution in [0.15, 0.2) is 17.8 Å². The summed E-state index contributed by atoms with van der Waals surface area (Å²) in [5.41, 5.74) is -2.09. The molecule has 0 unspecified atom stereocenters. The maximum Gasteiger partial charge on any atom is 0.332 e. The van der Waals surface area contributed by atoms with Gasteiger partial charge >= 0.3 is 5.97 Å². The van der Waals surface area contributed by atoms with E-state index in [-0.39, 0.29) is 24.0 Å². The molecule has 0 radical (unpaired) electrons. The summed E-state index contributed by atoms with van der Waals surface area (Å²) >= 11 is 0. The Balaban J connectivity index is 2.25. The molecule has 0 saturated heterocycles. The Hall–Kier alpha value is -1.60. The molecule has 0 amide bonds. The van der Waals surface area contributed by atoms with E-state index < -0.39 is 53.0 Å². The Morgan fingerprint density at radius 3 is 2.55 bits per heavy atom. The molecular weight excluding hydrogens is 374 g/mol. The summed E-state index contributed by atoms with van der Waals surface area (Å²) in [6.07, 6.45) is 2.26. The fourth-order valence-electron chi connectivity index (χ4n) is 6.77. The van der Waals surface area contributed by atoms with Crippen molar-refractivity contribution in [3.63, 3.8) is 0 Å². The van der Waals surface area contributed by atoms with Crippen molar-refractivity contribution in [2.24, 2.45) is 39.2 Å². The lowest BCUT2D eigenvalue weighted by Gasteiger charge is -2.61. The topological polar surface area (TPSA) is 113 Å². The Labute approximate surface area is 171 Å². The predicted molar refractivity (Wildman–Crippen MR) is 107 cm³/mol. The van der Waals surface area contributed by atoms with Gasteiger partial charge in [0.05, 0.1) is 6.10 Å². The van der Waals surface area contributed by atoms with Gasteiger partial charge in [0.1, 0.15) is 12.7 Å². The van der Waals surface area contributed by atoms with E-state index in [1.807, 2.05) is 27.7 Å². The third kappa shape index (κ3) is 2.92. The lowest BCUT2D eigenvalue weighted by atomic mass is 9.44. The van der Waals surface area contributed by atoms with Crippen molar-refractivity contribution in [2.75, 3.05) is 6.61 Å². The number of hydrogen-bond donors (Lipinski definition) is 2. The number of aliphatic hydroxyl groups excluding tert-OH is 2. The van der Waals surface area contributed by atoms with Gasteiger partial charge in [-0.2, -0.15) is 4.91 Å². The number of carbonyl (C=O) groups excluding carboxylic acids is 2. The van der Waals surface area contributed by atoms with Crippen LogP contribution in [0.1, 0.15) is 53.4 Å². The number of hydrogen-bond acceptors (Lipinski definition) is 7. The molecule has 0 aromatic heterocycles. The van der Waals surface area contributed by atoms with E-state index in [1.54, 1.807) is 6.08 Å². The standard InChI is InChI=1S/C22H33NO6/c1-6-20(4)10-15(29-16(25)11-24)21(5)12(2)7-8-22(13(3)19(20)27)9-14(23-28)17(26)18(21)22/h6,12-15,18-19,24,27H,1,7-11H2,2-5H3/t12-,13+,14+,15-,18+,19+,20-,21+,22+/m1/s1. The molecule has 3 aliphatic rings. The van der Waals surface area contributed by atoms with Crippen LogP contribution in [0.2, 0.25) is 0 Å². The molecule has 0 aliphatic heterocycles. The zero-order chi connectivity index (χ0) is 21.8. The van der Waals surface area contributed by atoms with Gasteiger partial charge in [-0.1, -0.05) is 38.9 Å². The molecule has 7 nitrogen and oxygen atoms in total. The van der Waals surface area contributed by atoms with Crippen molar-refractivity contribution in [1.82, 2.24) is 0 Å². The molecule has 3 saturated carbocycles. The molecule has 0 aromatic rings. The summed E-state index contributed by atoms with van der Waals surface area (Å²) in [6.45, 7) is 11.0. The van der Waals surface area contributed by atoms with Gasteiger partial charge < -0.3 is 14.9 Å². The van der Waals surface area contributed by atoms with E-state index in [1.165, 1.54) is 0 Å². The number of nitrogens with zero attached hydrogens (tertiary/aromatic N) is 1. The minimum Gasteiger partial charge on any atom is -0.460 e. The van der Waals surface area contributed by atoms with Crippen LogP contribution in [0.4, 0.5) is 0 Å². The Morgan fingerprint density at radius 1 is 1.34 bits per heavy atom. The van der Waals surface area contributed by atoms with E-state index in [9.17, 15) is 24.7 Å². The highest BCUT2D eigenvalue weighted by molar-refractivity contribution is 5.91. The zero-order valence-corrected chi connectivity index (χ0v) is 17.8. The minimum atomic E-state index is -0.943. The van der Waals surface area contributed by atoms with Gasteiger partial charge in [0.15, 0.2) is 11.8 Å². The van der Waals surface area contributed by atoms with E-state index >= 15 is 0 Å². The van der Waals surface area contributed by atoms with Gasteiger partial charge in [-0.25, -0.2) is 4.79 Å². The molecule has 3 rings (SSSR count). The second-order valence-electron chi connectivity index (χ2n) is 9.98. The van der Waals surface area contributed by atoms with Gasteiger partial charge in [-0.15, -0.1) is 6.58 Å². The number of ketones is 1. The summed E-state index contributed by atoms with van der Waals surface area (Å²) in [4.78, 5) is 37.0. The average Bonchev–Trinajstić information content (AvgIpc) is 3.01. The third-order valence-electron chi connectivity index (χ3n) is 8.86. The predicted octanol–water partition coefficient (Wildman–Crippen LogP) is 2.63.